The van der Waals surface area contributed by atoms with Crippen LogP contribution in [0.1, 0.15) is 58.1 Å². The van der Waals surface area contributed by atoms with Crippen LogP contribution in [0.5, 0.6) is 0 Å². The number of hydrogen-bond donors (Lipinski definition) is 2. The molecule has 0 saturated carbocycles. The molecule has 3 heteroatoms. The molecule has 0 radical (unpaired) electrons. The van der Waals surface area contributed by atoms with Crippen molar-refractivity contribution in [3.8, 4) is 0 Å². The van der Waals surface area contributed by atoms with E-state index in [2.05, 4.69) is 50.4 Å². The molecule has 0 spiro atoms. The molecule has 0 aliphatic heterocycles. The van der Waals surface area contributed by atoms with Gasteiger partial charge in [-0.25, -0.2) is 0 Å². The van der Waals surface area contributed by atoms with E-state index in [9.17, 15) is 4.79 Å². The van der Waals surface area contributed by atoms with Crippen LogP contribution in [-0.4, -0.2) is 17.1 Å². The summed E-state index contributed by atoms with van der Waals surface area (Å²) in [5.41, 5.74) is 1.29. The van der Waals surface area contributed by atoms with Crippen LogP contribution >= 0.6 is 0 Å². The fourth-order valence-electron chi connectivity index (χ4n) is 2.65. The molecule has 0 aliphatic carbocycles. The van der Waals surface area contributed by atoms with Crippen molar-refractivity contribution in [2.24, 2.45) is 5.92 Å². The Hall–Kier alpha value is -1.35. The normalized spacial score (nSPS) is 14.2. The average molecular weight is 277 g/mol. The van der Waals surface area contributed by atoms with E-state index in [0.717, 1.165) is 12.8 Å². The Labute approximate surface area is 122 Å². The SMILES string of the molecule is CCC(CC)C(NC(C)CCC(=O)O)c1ccccc1. The highest BCUT2D eigenvalue weighted by Gasteiger charge is 2.22. The van der Waals surface area contributed by atoms with E-state index >= 15 is 0 Å². The number of benzene rings is 1. The molecule has 1 aromatic carbocycles. The molecule has 2 N–H and O–H groups in total. The molecule has 0 saturated heterocycles. The highest BCUT2D eigenvalue weighted by Crippen LogP contribution is 2.28. The standard InChI is InChI=1S/C17H27NO2/c1-4-14(5-2)17(15-9-7-6-8-10-15)18-13(3)11-12-16(19)20/h6-10,13-14,17-18H,4-5,11-12H2,1-3H3,(H,19,20). The van der Waals surface area contributed by atoms with Crippen LogP contribution in [0.2, 0.25) is 0 Å². The second-order valence-electron chi connectivity index (χ2n) is 5.47. The minimum absolute atomic E-state index is 0.205. The van der Waals surface area contributed by atoms with Crippen LogP contribution in [0, 0.1) is 5.92 Å². The summed E-state index contributed by atoms with van der Waals surface area (Å²) in [5.74, 6) is -0.151. The van der Waals surface area contributed by atoms with Gasteiger partial charge in [0.25, 0.3) is 0 Å². The first-order chi connectivity index (χ1) is 9.58. The van der Waals surface area contributed by atoms with Gasteiger partial charge in [0.2, 0.25) is 0 Å². The van der Waals surface area contributed by atoms with E-state index in [4.69, 9.17) is 5.11 Å². The summed E-state index contributed by atoms with van der Waals surface area (Å²) in [7, 11) is 0. The van der Waals surface area contributed by atoms with Gasteiger partial charge in [-0.05, 0) is 24.8 Å². The topological polar surface area (TPSA) is 49.3 Å². The molecule has 0 aliphatic rings. The van der Waals surface area contributed by atoms with Gasteiger partial charge in [-0.1, -0.05) is 57.0 Å². The van der Waals surface area contributed by atoms with Crippen molar-refractivity contribution in [1.29, 1.82) is 0 Å². The Morgan fingerprint density at radius 3 is 2.30 bits per heavy atom. The Kier molecular flexibility index (Phi) is 7.31. The molecule has 0 fully saturated rings. The third-order valence-electron chi connectivity index (χ3n) is 3.93. The average Bonchev–Trinajstić information content (AvgIpc) is 2.46. The smallest absolute Gasteiger partial charge is 0.303 e. The zero-order chi connectivity index (χ0) is 15.0. The van der Waals surface area contributed by atoms with Crippen LogP contribution in [-0.2, 0) is 4.79 Å². The van der Waals surface area contributed by atoms with Crippen molar-refractivity contribution < 1.29 is 9.90 Å². The maximum atomic E-state index is 10.7. The van der Waals surface area contributed by atoms with Gasteiger partial charge in [0.15, 0.2) is 0 Å². The number of rotatable bonds is 9. The maximum Gasteiger partial charge on any atom is 0.303 e. The summed E-state index contributed by atoms with van der Waals surface area (Å²) in [6, 6.07) is 11.0. The second-order valence-corrected chi connectivity index (χ2v) is 5.47. The Balaban J connectivity index is 2.75. The number of nitrogens with one attached hydrogen (secondary N) is 1. The van der Waals surface area contributed by atoms with E-state index in [0.29, 0.717) is 18.4 Å². The van der Waals surface area contributed by atoms with Crippen molar-refractivity contribution in [2.45, 2.75) is 58.5 Å². The van der Waals surface area contributed by atoms with Crippen molar-refractivity contribution in [3.05, 3.63) is 35.9 Å². The highest BCUT2D eigenvalue weighted by atomic mass is 16.4. The predicted octanol–water partition coefficient (Wildman–Crippen LogP) is 4.01. The summed E-state index contributed by atoms with van der Waals surface area (Å²) >= 11 is 0. The van der Waals surface area contributed by atoms with Gasteiger partial charge >= 0.3 is 5.97 Å². The fraction of sp³-hybridized carbons (Fsp3) is 0.588. The lowest BCUT2D eigenvalue weighted by molar-refractivity contribution is -0.137. The molecule has 3 nitrogen and oxygen atoms in total. The lowest BCUT2D eigenvalue weighted by Gasteiger charge is -2.30. The van der Waals surface area contributed by atoms with E-state index in [-0.39, 0.29) is 12.5 Å². The van der Waals surface area contributed by atoms with Crippen molar-refractivity contribution >= 4 is 5.97 Å². The Morgan fingerprint density at radius 1 is 1.20 bits per heavy atom. The van der Waals surface area contributed by atoms with E-state index < -0.39 is 5.97 Å². The van der Waals surface area contributed by atoms with Crippen molar-refractivity contribution in [2.75, 3.05) is 0 Å². The molecule has 0 bridgehead atoms. The quantitative estimate of drug-likeness (QED) is 0.717. The molecule has 0 heterocycles. The molecule has 1 aromatic rings. The Bertz CT molecular complexity index is 387. The van der Waals surface area contributed by atoms with E-state index in [1.54, 1.807) is 0 Å². The molecule has 112 valence electrons. The molecule has 2 unspecified atom stereocenters. The number of aliphatic carboxylic acids is 1. The highest BCUT2D eigenvalue weighted by molar-refractivity contribution is 5.66. The zero-order valence-electron chi connectivity index (χ0n) is 12.8. The van der Waals surface area contributed by atoms with Gasteiger partial charge in [0.1, 0.15) is 0 Å². The molecule has 1 rings (SSSR count). The van der Waals surface area contributed by atoms with Gasteiger partial charge in [0.05, 0.1) is 0 Å². The third kappa shape index (κ3) is 5.33. The summed E-state index contributed by atoms with van der Waals surface area (Å²) in [4.78, 5) is 10.7. The first-order valence-electron chi connectivity index (χ1n) is 7.61. The van der Waals surface area contributed by atoms with Gasteiger partial charge < -0.3 is 10.4 Å². The first-order valence-corrected chi connectivity index (χ1v) is 7.61. The van der Waals surface area contributed by atoms with E-state index in [1.165, 1.54) is 5.56 Å². The zero-order valence-corrected chi connectivity index (χ0v) is 12.8. The minimum Gasteiger partial charge on any atom is -0.481 e. The first kappa shape index (κ1) is 16.7. The number of carbonyl (C=O) groups is 1. The van der Waals surface area contributed by atoms with Gasteiger partial charge in [-0.2, -0.15) is 0 Å². The van der Waals surface area contributed by atoms with E-state index in [1.807, 2.05) is 6.07 Å². The maximum absolute atomic E-state index is 10.7. The molecule has 0 amide bonds. The molecular weight excluding hydrogens is 250 g/mol. The van der Waals surface area contributed by atoms with Crippen LogP contribution in [0.25, 0.3) is 0 Å². The van der Waals surface area contributed by atoms with Crippen molar-refractivity contribution in [3.63, 3.8) is 0 Å². The summed E-state index contributed by atoms with van der Waals surface area (Å²) in [6.07, 6.45) is 3.13. The van der Waals surface area contributed by atoms with Crippen LogP contribution in [0.4, 0.5) is 0 Å². The van der Waals surface area contributed by atoms with Gasteiger partial charge in [-0.15, -0.1) is 0 Å². The molecular formula is C17H27NO2. The monoisotopic (exact) mass is 277 g/mol. The molecule has 20 heavy (non-hydrogen) atoms. The second kappa shape index (κ2) is 8.75. The lowest BCUT2D eigenvalue weighted by Crippen LogP contribution is -2.35. The predicted molar refractivity (Wildman–Crippen MR) is 82.7 cm³/mol. The van der Waals surface area contributed by atoms with Gasteiger partial charge in [-0.3, -0.25) is 4.79 Å². The third-order valence-corrected chi connectivity index (χ3v) is 3.93. The molecule has 2 atom stereocenters. The largest absolute Gasteiger partial charge is 0.481 e. The fourth-order valence-corrected chi connectivity index (χ4v) is 2.65. The lowest BCUT2D eigenvalue weighted by atomic mass is 9.88. The minimum atomic E-state index is -0.725. The summed E-state index contributed by atoms with van der Waals surface area (Å²) < 4.78 is 0. The number of carboxylic acid groups (broad SMARTS) is 1. The Morgan fingerprint density at radius 2 is 1.80 bits per heavy atom. The number of carboxylic acids is 1. The van der Waals surface area contributed by atoms with Crippen LogP contribution in [0.15, 0.2) is 30.3 Å². The van der Waals surface area contributed by atoms with Crippen molar-refractivity contribution in [1.82, 2.24) is 5.32 Å². The van der Waals surface area contributed by atoms with Gasteiger partial charge in [0, 0.05) is 18.5 Å². The number of hydrogen-bond acceptors (Lipinski definition) is 2. The molecule has 0 aromatic heterocycles. The van der Waals surface area contributed by atoms with Crippen LogP contribution in [0.3, 0.4) is 0 Å². The van der Waals surface area contributed by atoms with Crippen LogP contribution < -0.4 is 5.32 Å². The summed E-state index contributed by atoms with van der Waals surface area (Å²) in [5, 5.41) is 12.4. The summed E-state index contributed by atoms with van der Waals surface area (Å²) in [6.45, 7) is 6.50.